The highest BCUT2D eigenvalue weighted by molar-refractivity contribution is 5.40. The van der Waals surface area contributed by atoms with Gasteiger partial charge in [0.15, 0.2) is 5.69 Å². The molecular formula is C12H13F3N4. The Labute approximate surface area is 108 Å². The summed E-state index contributed by atoms with van der Waals surface area (Å²) in [5.74, 6) is 0. The lowest BCUT2D eigenvalue weighted by Gasteiger charge is -2.10. The lowest BCUT2D eigenvalue weighted by molar-refractivity contribution is -0.141. The van der Waals surface area contributed by atoms with E-state index in [0.29, 0.717) is 12.2 Å². The molecule has 0 amide bonds. The molecule has 0 atom stereocenters. The molecule has 2 rings (SSSR count). The van der Waals surface area contributed by atoms with Crippen molar-refractivity contribution < 1.29 is 13.2 Å². The van der Waals surface area contributed by atoms with Crippen LogP contribution in [0.25, 0.3) is 5.69 Å². The van der Waals surface area contributed by atoms with Gasteiger partial charge in [0.2, 0.25) is 0 Å². The Kier molecular flexibility index (Phi) is 3.57. The van der Waals surface area contributed by atoms with Crippen molar-refractivity contribution in [3.05, 3.63) is 41.5 Å². The summed E-state index contributed by atoms with van der Waals surface area (Å²) < 4.78 is 38.9. The Morgan fingerprint density at radius 1 is 1.37 bits per heavy atom. The van der Waals surface area contributed by atoms with Crippen molar-refractivity contribution >= 4 is 0 Å². The molecular weight excluding hydrogens is 257 g/mol. The number of aromatic nitrogens is 3. The average molecular weight is 270 g/mol. The summed E-state index contributed by atoms with van der Waals surface area (Å²) in [4.78, 5) is 4.14. The van der Waals surface area contributed by atoms with E-state index in [-0.39, 0.29) is 0 Å². The quantitative estimate of drug-likeness (QED) is 0.930. The number of pyridine rings is 1. The zero-order valence-electron chi connectivity index (χ0n) is 10.5. The third kappa shape index (κ3) is 2.93. The second-order valence-corrected chi connectivity index (χ2v) is 4.13. The zero-order valence-corrected chi connectivity index (χ0v) is 10.5. The third-order valence-electron chi connectivity index (χ3n) is 2.59. The first-order valence-corrected chi connectivity index (χ1v) is 5.65. The highest BCUT2D eigenvalue weighted by Gasteiger charge is 2.33. The van der Waals surface area contributed by atoms with Crippen LogP contribution in [0.5, 0.6) is 0 Å². The van der Waals surface area contributed by atoms with Gasteiger partial charge in [-0.05, 0) is 26.1 Å². The van der Waals surface area contributed by atoms with E-state index in [9.17, 15) is 13.2 Å². The maximum Gasteiger partial charge on any atom is 0.435 e. The summed E-state index contributed by atoms with van der Waals surface area (Å²) in [6.45, 7) is 2.28. The Bertz CT molecular complexity index is 575. The Morgan fingerprint density at radius 2 is 2.11 bits per heavy atom. The molecule has 0 spiro atoms. The molecule has 19 heavy (non-hydrogen) atoms. The molecule has 102 valence electrons. The van der Waals surface area contributed by atoms with Crippen LogP contribution < -0.4 is 5.32 Å². The molecule has 4 nitrogen and oxygen atoms in total. The van der Waals surface area contributed by atoms with Crippen molar-refractivity contribution in [2.75, 3.05) is 7.05 Å². The van der Waals surface area contributed by atoms with E-state index in [1.165, 1.54) is 10.9 Å². The predicted octanol–water partition coefficient (Wildman–Crippen LogP) is 2.31. The summed E-state index contributed by atoms with van der Waals surface area (Å²) in [5.41, 5.74) is 1.19. The van der Waals surface area contributed by atoms with Gasteiger partial charge in [-0.2, -0.15) is 18.3 Å². The Balaban J connectivity index is 2.46. The number of aryl methyl sites for hydroxylation is 1. The van der Waals surface area contributed by atoms with E-state index in [1.807, 2.05) is 0 Å². The first-order chi connectivity index (χ1) is 8.91. The molecule has 7 heteroatoms. The fraction of sp³-hybridized carbons (Fsp3) is 0.333. The third-order valence-corrected chi connectivity index (χ3v) is 2.59. The van der Waals surface area contributed by atoms with Gasteiger partial charge in [-0.3, -0.25) is 4.98 Å². The first kappa shape index (κ1) is 13.5. The second-order valence-electron chi connectivity index (χ2n) is 4.13. The van der Waals surface area contributed by atoms with Crippen molar-refractivity contribution in [3.8, 4) is 5.69 Å². The highest BCUT2D eigenvalue weighted by atomic mass is 19.4. The molecule has 0 aliphatic rings. The fourth-order valence-corrected chi connectivity index (χ4v) is 1.72. The molecule has 0 aliphatic carbocycles. The number of alkyl halides is 3. The van der Waals surface area contributed by atoms with Crippen LogP contribution in [-0.2, 0) is 12.7 Å². The minimum atomic E-state index is -4.43. The smallest absolute Gasteiger partial charge is 0.316 e. The number of rotatable bonds is 3. The fourth-order valence-electron chi connectivity index (χ4n) is 1.72. The van der Waals surface area contributed by atoms with Crippen LogP contribution in [0, 0.1) is 6.92 Å². The Morgan fingerprint density at radius 3 is 2.68 bits per heavy atom. The molecule has 2 heterocycles. The van der Waals surface area contributed by atoms with Crippen LogP contribution in [0.3, 0.4) is 0 Å². The minimum Gasteiger partial charge on any atom is -0.316 e. The van der Waals surface area contributed by atoms with E-state index in [0.717, 1.165) is 17.3 Å². The predicted molar refractivity (Wildman–Crippen MR) is 63.9 cm³/mol. The summed E-state index contributed by atoms with van der Waals surface area (Å²) >= 11 is 0. The van der Waals surface area contributed by atoms with Crippen LogP contribution in [0.2, 0.25) is 0 Å². The molecule has 0 saturated heterocycles. The van der Waals surface area contributed by atoms with Gasteiger partial charge in [-0.1, -0.05) is 0 Å². The molecule has 1 N–H and O–H groups in total. The lowest BCUT2D eigenvalue weighted by atomic mass is 10.2. The summed E-state index contributed by atoms with van der Waals surface area (Å²) in [6, 6.07) is 2.67. The van der Waals surface area contributed by atoms with Crippen molar-refractivity contribution in [1.82, 2.24) is 20.1 Å². The number of hydrogen-bond donors (Lipinski definition) is 1. The van der Waals surface area contributed by atoms with Gasteiger partial charge in [-0.25, -0.2) is 4.68 Å². The van der Waals surface area contributed by atoms with Crippen molar-refractivity contribution in [2.24, 2.45) is 0 Å². The average Bonchev–Trinajstić information content (AvgIpc) is 2.80. The van der Waals surface area contributed by atoms with Gasteiger partial charge < -0.3 is 5.32 Å². The van der Waals surface area contributed by atoms with Crippen molar-refractivity contribution in [1.29, 1.82) is 0 Å². The van der Waals surface area contributed by atoms with Gasteiger partial charge in [0.25, 0.3) is 0 Å². The maximum atomic E-state index is 12.5. The molecule has 0 aliphatic heterocycles. The van der Waals surface area contributed by atoms with Gasteiger partial charge >= 0.3 is 6.18 Å². The molecule has 0 bridgehead atoms. The van der Waals surface area contributed by atoms with E-state index in [1.54, 1.807) is 26.2 Å². The van der Waals surface area contributed by atoms with E-state index < -0.39 is 11.9 Å². The molecule has 0 radical (unpaired) electrons. The molecule has 2 aromatic heterocycles. The topological polar surface area (TPSA) is 42.7 Å². The standard InChI is InChI=1S/C12H13F3N4/c1-8-5-10(9(6-16-2)7-17-8)19-4-3-11(18-19)12(13,14)15/h3-5,7,16H,6H2,1-2H3. The van der Waals surface area contributed by atoms with Gasteiger partial charge in [0, 0.05) is 30.2 Å². The number of hydrogen-bond acceptors (Lipinski definition) is 3. The highest BCUT2D eigenvalue weighted by Crippen LogP contribution is 2.28. The zero-order chi connectivity index (χ0) is 14.0. The van der Waals surface area contributed by atoms with Gasteiger partial charge in [-0.15, -0.1) is 0 Å². The van der Waals surface area contributed by atoms with E-state index >= 15 is 0 Å². The molecule has 0 aromatic carbocycles. The van der Waals surface area contributed by atoms with Crippen molar-refractivity contribution in [3.63, 3.8) is 0 Å². The van der Waals surface area contributed by atoms with Crippen LogP contribution in [0.1, 0.15) is 17.0 Å². The Hall–Kier alpha value is -1.89. The van der Waals surface area contributed by atoms with E-state index in [2.05, 4.69) is 15.4 Å². The van der Waals surface area contributed by atoms with Crippen LogP contribution in [0.4, 0.5) is 13.2 Å². The van der Waals surface area contributed by atoms with Crippen LogP contribution in [0.15, 0.2) is 24.5 Å². The van der Waals surface area contributed by atoms with Crippen molar-refractivity contribution in [2.45, 2.75) is 19.6 Å². The summed E-state index contributed by atoms with van der Waals surface area (Å²) in [5, 5.41) is 6.52. The van der Waals surface area contributed by atoms with E-state index in [4.69, 9.17) is 0 Å². The summed E-state index contributed by atoms with van der Waals surface area (Å²) in [6.07, 6.45) is -1.50. The minimum absolute atomic E-state index is 0.504. The monoisotopic (exact) mass is 270 g/mol. The summed E-state index contributed by atoms with van der Waals surface area (Å²) in [7, 11) is 1.76. The normalized spacial score (nSPS) is 11.8. The maximum absolute atomic E-state index is 12.5. The lowest BCUT2D eigenvalue weighted by Crippen LogP contribution is -2.12. The molecule has 2 aromatic rings. The molecule has 0 unspecified atom stereocenters. The molecule has 0 saturated carbocycles. The van der Waals surface area contributed by atoms with Gasteiger partial charge in [0.1, 0.15) is 0 Å². The SMILES string of the molecule is CNCc1cnc(C)cc1-n1ccc(C(F)(F)F)n1. The second kappa shape index (κ2) is 5.00. The van der Waals surface area contributed by atoms with Crippen LogP contribution in [-0.4, -0.2) is 21.8 Å². The number of halogens is 3. The van der Waals surface area contributed by atoms with Crippen LogP contribution >= 0.6 is 0 Å². The number of nitrogens with zero attached hydrogens (tertiary/aromatic N) is 3. The molecule has 0 fully saturated rings. The largest absolute Gasteiger partial charge is 0.435 e. The van der Waals surface area contributed by atoms with Gasteiger partial charge in [0.05, 0.1) is 5.69 Å². The first-order valence-electron chi connectivity index (χ1n) is 5.65. The number of nitrogens with one attached hydrogen (secondary N) is 1.